The summed E-state index contributed by atoms with van der Waals surface area (Å²) in [6.07, 6.45) is 3.04. The second kappa shape index (κ2) is 9.96. The molecule has 29 heavy (non-hydrogen) atoms. The van der Waals surface area contributed by atoms with Gasteiger partial charge in [-0.25, -0.2) is 4.79 Å². The summed E-state index contributed by atoms with van der Waals surface area (Å²) in [5, 5.41) is 6.24. The summed E-state index contributed by atoms with van der Waals surface area (Å²) >= 11 is 0. The largest absolute Gasteiger partial charge is 0.497 e. The Hall–Kier alpha value is -3.02. The van der Waals surface area contributed by atoms with Crippen LogP contribution in [-0.2, 0) is 9.53 Å². The number of ether oxygens (including phenoxy) is 2. The zero-order valence-corrected chi connectivity index (χ0v) is 16.9. The minimum Gasteiger partial charge on any atom is -0.497 e. The molecule has 0 heterocycles. The van der Waals surface area contributed by atoms with Gasteiger partial charge >= 0.3 is 5.97 Å². The molecule has 0 saturated heterocycles. The maximum atomic E-state index is 12.5. The molecule has 1 atom stereocenters. The Balaban J connectivity index is 1.52. The average molecular weight is 396 g/mol. The molecule has 6 heteroatoms. The number of rotatable bonds is 10. The monoisotopic (exact) mass is 396 g/mol. The van der Waals surface area contributed by atoms with Crippen LogP contribution in [0.15, 0.2) is 48.5 Å². The SMILES string of the molecule is CCCOC(=O)c1ccc(NCC(=O)NC(c2ccc(OC)cc2)C2CC2)cc1. The summed E-state index contributed by atoms with van der Waals surface area (Å²) in [4.78, 5) is 24.3. The third-order valence-corrected chi connectivity index (χ3v) is 4.90. The number of nitrogens with one attached hydrogen (secondary N) is 2. The van der Waals surface area contributed by atoms with Gasteiger partial charge in [-0.2, -0.15) is 0 Å². The molecule has 0 spiro atoms. The highest BCUT2D eigenvalue weighted by molar-refractivity contribution is 5.90. The minimum atomic E-state index is -0.331. The first kappa shape index (κ1) is 20.7. The number of carbonyl (C=O) groups is 2. The Labute approximate surface area is 171 Å². The molecule has 1 amide bonds. The zero-order chi connectivity index (χ0) is 20.6. The number of esters is 1. The second-order valence-corrected chi connectivity index (χ2v) is 7.22. The van der Waals surface area contributed by atoms with Crippen LogP contribution in [0.3, 0.4) is 0 Å². The quantitative estimate of drug-likeness (QED) is 0.595. The zero-order valence-electron chi connectivity index (χ0n) is 16.9. The molecule has 2 aromatic rings. The van der Waals surface area contributed by atoms with Crippen LogP contribution in [0.1, 0.15) is 48.1 Å². The molecule has 0 radical (unpaired) electrons. The normalized spacial score (nSPS) is 14.0. The summed E-state index contributed by atoms with van der Waals surface area (Å²) in [5.41, 5.74) is 2.37. The van der Waals surface area contributed by atoms with Crippen LogP contribution in [0.4, 0.5) is 5.69 Å². The van der Waals surface area contributed by atoms with Crippen molar-refractivity contribution in [1.29, 1.82) is 0 Å². The number of hydrogen-bond donors (Lipinski definition) is 2. The lowest BCUT2D eigenvalue weighted by atomic mass is 10.0. The van der Waals surface area contributed by atoms with Crippen molar-refractivity contribution in [3.8, 4) is 5.75 Å². The van der Waals surface area contributed by atoms with Gasteiger partial charge in [-0.05, 0) is 67.1 Å². The van der Waals surface area contributed by atoms with Crippen molar-refractivity contribution in [2.45, 2.75) is 32.2 Å². The first-order valence-electron chi connectivity index (χ1n) is 10.0. The van der Waals surface area contributed by atoms with Gasteiger partial charge < -0.3 is 20.1 Å². The first-order chi connectivity index (χ1) is 14.1. The van der Waals surface area contributed by atoms with Crippen LogP contribution in [0.25, 0.3) is 0 Å². The predicted molar refractivity (Wildman–Crippen MR) is 112 cm³/mol. The van der Waals surface area contributed by atoms with Crippen LogP contribution in [0.5, 0.6) is 5.75 Å². The molecule has 0 bridgehead atoms. The van der Waals surface area contributed by atoms with Gasteiger partial charge in [-0.3, -0.25) is 4.79 Å². The molecule has 0 aliphatic heterocycles. The number of anilines is 1. The summed E-state index contributed by atoms with van der Waals surface area (Å²) in [6.45, 7) is 2.53. The Morgan fingerprint density at radius 1 is 1.07 bits per heavy atom. The Kier molecular flexibility index (Phi) is 7.11. The predicted octanol–water partition coefficient (Wildman–Crippen LogP) is 3.94. The molecule has 154 valence electrons. The Bertz CT molecular complexity index is 814. The maximum absolute atomic E-state index is 12.5. The van der Waals surface area contributed by atoms with E-state index in [1.54, 1.807) is 31.4 Å². The average Bonchev–Trinajstić information content (AvgIpc) is 3.60. The molecule has 1 saturated carbocycles. The Morgan fingerprint density at radius 3 is 2.34 bits per heavy atom. The lowest BCUT2D eigenvalue weighted by Gasteiger charge is -2.19. The highest BCUT2D eigenvalue weighted by Gasteiger charge is 2.33. The molecule has 1 aliphatic rings. The topological polar surface area (TPSA) is 76.7 Å². The molecular formula is C23H28N2O4. The van der Waals surface area contributed by atoms with Gasteiger partial charge in [0, 0.05) is 5.69 Å². The van der Waals surface area contributed by atoms with Gasteiger partial charge in [-0.15, -0.1) is 0 Å². The van der Waals surface area contributed by atoms with E-state index in [-0.39, 0.29) is 24.5 Å². The van der Waals surface area contributed by atoms with E-state index in [9.17, 15) is 9.59 Å². The summed E-state index contributed by atoms with van der Waals surface area (Å²) < 4.78 is 10.3. The molecule has 1 unspecified atom stereocenters. The number of amides is 1. The minimum absolute atomic E-state index is 0.0194. The molecule has 1 aliphatic carbocycles. The highest BCUT2D eigenvalue weighted by Crippen LogP contribution is 2.41. The second-order valence-electron chi connectivity index (χ2n) is 7.22. The molecule has 3 rings (SSSR count). The van der Waals surface area contributed by atoms with E-state index in [2.05, 4.69) is 10.6 Å². The highest BCUT2D eigenvalue weighted by atomic mass is 16.5. The number of methoxy groups -OCH3 is 1. The van der Waals surface area contributed by atoms with E-state index in [1.807, 2.05) is 31.2 Å². The van der Waals surface area contributed by atoms with Crippen LogP contribution < -0.4 is 15.4 Å². The fourth-order valence-electron chi connectivity index (χ4n) is 3.12. The number of hydrogen-bond acceptors (Lipinski definition) is 5. The molecule has 2 aromatic carbocycles. The van der Waals surface area contributed by atoms with E-state index in [4.69, 9.17) is 9.47 Å². The van der Waals surface area contributed by atoms with Gasteiger partial charge in [0.2, 0.25) is 5.91 Å². The van der Waals surface area contributed by atoms with Crippen molar-refractivity contribution < 1.29 is 19.1 Å². The fourth-order valence-corrected chi connectivity index (χ4v) is 3.12. The van der Waals surface area contributed by atoms with Gasteiger partial charge in [0.15, 0.2) is 0 Å². The van der Waals surface area contributed by atoms with Crippen LogP contribution >= 0.6 is 0 Å². The van der Waals surface area contributed by atoms with Crippen LogP contribution in [0.2, 0.25) is 0 Å². The smallest absolute Gasteiger partial charge is 0.338 e. The van der Waals surface area contributed by atoms with Crippen LogP contribution in [-0.4, -0.2) is 32.1 Å². The van der Waals surface area contributed by atoms with Crippen LogP contribution in [0, 0.1) is 5.92 Å². The summed E-state index contributed by atoms with van der Waals surface area (Å²) in [7, 11) is 1.64. The van der Waals surface area contributed by atoms with Gasteiger partial charge in [-0.1, -0.05) is 19.1 Å². The lowest BCUT2D eigenvalue weighted by Crippen LogP contribution is -2.34. The number of carbonyl (C=O) groups excluding carboxylic acids is 2. The van der Waals surface area contributed by atoms with Crippen molar-refractivity contribution in [2.75, 3.05) is 25.6 Å². The van der Waals surface area contributed by atoms with E-state index in [1.165, 1.54) is 0 Å². The molecular weight excluding hydrogens is 368 g/mol. The van der Waals surface area contributed by atoms with Gasteiger partial charge in [0.25, 0.3) is 0 Å². The van der Waals surface area contributed by atoms with Crippen molar-refractivity contribution >= 4 is 17.6 Å². The third-order valence-electron chi connectivity index (χ3n) is 4.90. The van der Waals surface area contributed by atoms with E-state index in [0.29, 0.717) is 18.1 Å². The maximum Gasteiger partial charge on any atom is 0.338 e. The molecule has 6 nitrogen and oxygen atoms in total. The van der Waals surface area contributed by atoms with Crippen molar-refractivity contribution in [3.63, 3.8) is 0 Å². The van der Waals surface area contributed by atoms with E-state index >= 15 is 0 Å². The van der Waals surface area contributed by atoms with E-state index < -0.39 is 0 Å². The molecule has 0 aromatic heterocycles. The fraction of sp³-hybridized carbons (Fsp3) is 0.391. The Morgan fingerprint density at radius 2 is 1.76 bits per heavy atom. The van der Waals surface area contributed by atoms with E-state index in [0.717, 1.165) is 36.3 Å². The van der Waals surface area contributed by atoms with Gasteiger partial charge in [0.05, 0.1) is 31.9 Å². The third kappa shape index (κ3) is 5.98. The standard InChI is InChI=1S/C23H28N2O4/c1-3-14-29-23(27)18-6-10-19(11-7-18)24-15-21(26)25-22(16-4-5-16)17-8-12-20(28-2)13-9-17/h6-13,16,22,24H,3-5,14-15H2,1-2H3,(H,25,26). The number of benzene rings is 2. The lowest BCUT2D eigenvalue weighted by molar-refractivity contribution is -0.120. The molecule has 2 N–H and O–H groups in total. The summed E-state index contributed by atoms with van der Waals surface area (Å²) in [6, 6.07) is 14.8. The van der Waals surface area contributed by atoms with Crippen molar-refractivity contribution in [3.05, 3.63) is 59.7 Å². The molecule has 1 fully saturated rings. The van der Waals surface area contributed by atoms with Crippen molar-refractivity contribution in [1.82, 2.24) is 5.32 Å². The first-order valence-corrected chi connectivity index (χ1v) is 10.0. The summed E-state index contributed by atoms with van der Waals surface area (Å²) in [5.74, 6) is 0.895. The van der Waals surface area contributed by atoms with Crippen molar-refractivity contribution in [2.24, 2.45) is 5.92 Å². The van der Waals surface area contributed by atoms with Gasteiger partial charge in [0.1, 0.15) is 5.75 Å².